The van der Waals surface area contributed by atoms with Gasteiger partial charge in [-0.05, 0) is 12.0 Å². The molecule has 1 N–H and O–H groups in total. The predicted octanol–water partition coefficient (Wildman–Crippen LogP) is 3.39. The van der Waals surface area contributed by atoms with Gasteiger partial charge < -0.3 is 5.11 Å². The third kappa shape index (κ3) is 8.15. The molecule has 1 aromatic heterocycles. The lowest BCUT2D eigenvalue weighted by Gasteiger charge is -1.93. The molecule has 1 heterocycles. The second kappa shape index (κ2) is 11.9. The van der Waals surface area contributed by atoms with Crippen molar-refractivity contribution < 1.29 is 5.11 Å². The standard InChI is InChI=1S/C8H10O.C3H3NS.C2H6/c9-7-6-8-4-2-1-3-5-8;1-2-5-3-4-1;1-2/h1-5,9H,6-7H2;1-3H;1-2H3. The smallest absolute Gasteiger partial charge is 0.0791 e. The van der Waals surface area contributed by atoms with E-state index in [0.717, 1.165) is 6.42 Å². The number of hydrogen-bond acceptors (Lipinski definition) is 3. The highest BCUT2D eigenvalue weighted by Crippen LogP contribution is 1.97. The normalized spacial score (nSPS) is 8.19. The van der Waals surface area contributed by atoms with Gasteiger partial charge in [0.1, 0.15) is 0 Å². The average Bonchev–Trinajstić information content (AvgIpc) is 2.92. The van der Waals surface area contributed by atoms with E-state index < -0.39 is 0 Å². The summed E-state index contributed by atoms with van der Waals surface area (Å²) in [7, 11) is 0. The van der Waals surface area contributed by atoms with Gasteiger partial charge in [0.05, 0.1) is 5.51 Å². The summed E-state index contributed by atoms with van der Waals surface area (Å²) in [6.07, 6.45) is 2.53. The van der Waals surface area contributed by atoms with Crippen LogP contribution in [0.3, 0.4) is 0 Å². The fraction of sp³-hybridized carbons (Fsp3) is 0.308. The van der Waals surface area contributed by atoms with Crippen LogP contribution in [0.1, 0.15) is 19.4 Å². The molecule has 1 aromatic carbocycles. The first kappa shape index (κ1) is 14.8. The lowest BCUT2D eigenvalue weighted by Crippen LogP contribution is -1.88. The monoisotopic (exact) mass is 237 g/mol. The summed E-state index contributed by atoms with van der Waals surface area (Å²) in [6, 6.07) is 9.95. The minimum Gasteiger partial charge on any atom is -0.396 e. The summed E-state index contributed by atoms with van der Waals surface area (Å²) in [5, 5.41) is 10.5. The molecular formula is C13H19NOS. The number of nitrogens with zero attached hydrogens (tertiary/aromatic N) is 1. The Morgan fingerprint density at radius 1 is 1.19 bits per heavy atom. The molecule has 0 saturated heterocycles. The van der Waals surface area contributed by atoms with Gasteiger partial charge in [0.15, 0.2) is 0 Å². The zero-order valence-corrected chi connectivity index (χ0v) is 10.7. The van der Waals surface area contributed by atoms with E-state index in [9.17, 15) is 0 Å². The van der Waals surface area contributed by atoms with Crippen molar-refractivity contribution in [1.29, 1.82) is 0 Å². The van der Waals surface area contributed by atoms with Crippen molar-refractivity contribution in [3.8, 4) is 0 Å². The lowest BCUT2D eigenvalue weighted by molar-refractivity contribution is 0.299. The van der Waals surface area contributed by atoms with Crippen LogP contribution in [-0.2, 0) is 6.42 Å². The summed E-state index contributed by atoms with van der Waals surface area (Å²) in [5.74, 6) is 0. The number of benzene rings is 1. The van der Waals surface area contributed by atoms with E-state index in [1.54, 1.807) is 23.0 Å². The van der Waals surface area contributed by atoms with Crippen LogP contribution in [0.15, 0.2) is 47.4 Å². The van der Waals surface area contributed by atoms with Gasteiger partial charge in [-0.2, -0.15) is 0 Å². The number of rotatable bonds is 2. The van der Waals surface area contributed by atoms with E-state index >= 15 is 0 Å². The van der Waals surface area contributed by atoms with Crippen LogP contribution in [-0.4, -0.2) is 16.7 Å². The Bertz CT molecular complexity index is 291. The van der Waals surface area contributed by atoms with Crippen molar-refractivity contribution in [2.45, 2.75) is 20.3 Å². The summed E-state index contributed by atoms with van der Waals surface area (Å²) in [5.41, 5.74) is 2.99. The zero-order chi connectivity index (χ0) is 12.1. The van der Waals surface area contributed by atoms with Crippen molar-refractivity contribution in [2.24, 2.45) is 0 Å². The minimum absolute atomic E-state index is 0.240. The van der Waals surface area contributed by atoms with E-state index in [4.69, 9.17) is 5.11 Å². The molecule has 0 spiro atoms. The quantitative estimate of drug-likeness (QED) is 0.868. The Balaban J connectivity index is 0.000000272. The van der Waals surface area contributed by atoms with Gasteiger partial charge in [0.2, 0.25) is 0 Å². The van der Waals surface area contributed by atoms with Crippen molar-refractivity contribution >= 4 is 11.3 Å². The van der Waals surface area contributed by atoms with Gasteiger partial charge in [-0.15, -0.1) is 11.3 Å². The average molecular weight is 237 g/mol. The number of aliphatic hydroxyl groups excluding tert-OH is 1. The van der Waals surface area contributed by atoms with Gasteiger partial charge in [0, 0.05) is 18.2 Å². The highest BCUT2D eigenvalue weighted by Gasteiger charge is 1.85. The molecule has 0 amide bonds. The van der Waals surface area contributed by atoms with Crippen LogP contribution in [0.25, 0.3) is 0 Å². The van der Waals surface area contributed by atoms with E-state index in [0.29, 0.717) is 0 Å². The lowest BCUT2D eigenvalue weighted by atomic mass is 10.2. The largest absolute Gasteiger partial charge is 0.396 e. The molecule has 0 saturated carbocycles. The van der Waals surface area contributed by atoms with Gasteiger partial charge in [0.25, 0.3) is 0 Å². The van der Waals surface area contributed by atoms with E-state index in [-0.39, 0.29) is 6.61 Å². The van der Waals surface area contributed by atoms with Crippen LogP contribution >= 0.6 is 11.3 Å². The number of hydrogen-bond donors (Lipinski definition) is 1. The molecule has 0 aliphatic heterocycles. The van der Waals surface area contributed by atoms with E-state index in [2.05, 4.69) is 4.98 Å². The molecule has 2 aromatic rings. The molecule has 0 aliphatic rings. The van der Waals surface area contributed by atoms with Gasteiger partial charge in [-0.3, -0.25) is 4.98 Å². The van der Waals surface area contributed by atoms with E-state index in [1.165, 1.54) is 5.56 Å². The minimum atomic E-state index is 0.240. The van der Waals surface area contributed by atoms with Crippen molar-refractivity contribution in [1.82, 2.24) is 4.98 Å². The fourth-order valence-corrected chi connectivity index (χ4v) is 1.30. The van der Waals surface area contributed by atoms with Gasteiger partial charge in [-0.25, -0.2) is 0 Å². The SMILES string of the molecule is CC.OCCc1ccccc1.c1cscn1. The second-order valence-corrected chi connectivity index (χ2v) is 3.39. The molecule has 0 fully saturated rings. The maximum absolute atomic E-state index is 8.52. The molecule has 0 atom stereocenters. The van der Waals surface area contributed by atoms with Crippen molar-refractivity contribution in [3.63, 3.8) is 0 Å². The van der Waals surface area contributed by atoms with Crippen LogP contribution in [0.5, 0.6) is 0 Å². The molecule has 16 heavy (non-hydrogen) atoms. The molecule has 0 aliphatic carbocycles. The first-order chi connectivity index (χ1) is 7.93. The van der Waals surface area contributed by atoms with Crippen LogP contribution < -0.4 is 0 Å². The van der Waals surface area contributed by atoms with E-state index in [1.807, 2.05) is 49.6 Å². The second-order valence-electron chi connectivity index (χ2n) is 2.63. The van der Waals surface area contributed by atoms with Gasteiger partial charge >= 0.3 is 0 Å². The molecule has 0 radical (unpaired) electrons. The Kier molecular flexibility index (Phi) is 11.0. The maximum Gasteiger partial charge on any atom is 0.0791 e. The Morgan fingerprint density at radius 3 is 2.25 bits per heavy atom. The third-order valence-corrected chi connectivity index (χ3v) is 2.11. The molecule has 88 valence electrons. The molecule has 2 rings (SSSR count). The number of thiazole rings is 1. The highest BCUT2D eigenvalue weighted by molar-refractivity contribution is 7.07. The molecule has 2 nitrogen and oxygen atoms in total. The molecule has 0 unspecified atom stereocenters. The molecular weight excluding hydrogens is 218 g/mol. The van der Waals surface area contributed by atoms with Crippen molar-refractivity contribution in [2.75, 3.05) is 6.61 Å². The summed E-state index contributed by atoms with van der Waals surface area (Å²) >= 11 is 1.60. The van der Waals surface area contributed by atoms with Crippen LogP contribution in [0, 0.1) is 0 Å². The molecule has 3 heteroatoms. The van der Waals surface area contributed by atoms with Crippen molar-refractivity contribution in [3.05, 3.63) is 53.0 Å². The summed E-state index contributed by atoms with van der Waals surface area (Å²) in [6.45, 7) is 4.24. The summed E-state index contributed by atoms with van der Waals surface area (Å²) < 4.78 is 0. The maximum atomic E-state index is 8.52. The first-order valence-electron chi connectivity index (χ1n) is 5.40. The molecule has 0 bridgehead atoms. The number of aliphatic hydroxyl groups is 1. The zero-order valence-electron chi connectivity index (χ0n) is 9.84. The van der Waals surface area contributed by atoms with Crippen LogP contribution in [0.4, 0.5) is 0 Å². The summed E-state index contributed by atoms with van der Waals surface area (Å²) in [4.78, 5) is 3.74. The van der Waals surface area contributed by atoms with Crippen LogP contribution in [0.2, 0.25) is 0 Å². The predicted molar refractivity (Wildman–Crippen MR) is 70.7 cm³/mol. The Morgan fingerprint density at radius 2 is 1.88 bits per heavy atom. The third-order valence-electron chi connectivity index (χ3n) is 1.59. The highest BCUT2D eigenvalue weighted by atomic mass is 32.1. The fourth-order valence-electron chi connectivity index (χ4n) is 0.949. The first-order valence-corrected chi connectivity index (χ1v) is 6.34. The Labute approximate surface area is 102 Å². The Hall–Kier alpha value is -1.19. The number of aromatic nitrogens is 1. The van der Waals surface area contributed by atoms with Gasteiger partial charge in [-0.1, -0.05) is 44.2 Å². The topological polar surface area (TPSA) is 33.1 Å².